The van der Waals surface area contributed by atoms with Crippen molar-refractivity contribution in [1.29, 1.82) is 0 Å². The summed E-state index contributed by atoms with van der Waals surface area (Å²) >= 11 is 0. The van der Waals surface area contributed by atoms with Gasteiger partial charge in [-0.05, 0) is 37.1 Å². The van der Waals surface area contributed by atoms with Crippen molar-refractivity contribution in [3.8, 4) is 28.5 Å². The highest BCUT2D eigenvalue weighted by Crippen LogP contribution is 2.38. The fourth-order valence-corrected chi connectivity index (χ4v) is 4.62. The molecular formula is C26H24F3N5O4. The molecule has 4 aromatic rings. The number of halogens is 3. The van der Waals surface area contributed by atoms with Gasteiger partial charge in [-0.3, -0.25) is 9.69 Å². The summed E-state index contributed by atoms with van der Waals surface area (Å²) in [5, 5.41) is 27.7. The third kappa shape index (κ3) is 5.31. The maximum absolute atomic E-state index is 14.0. The van der Waals surface area contributed by atoms with Crippen LogP contribution in [-0.4, -0.2) is 60.6 Å². The fourth-order valence-electron chi connectivity index (χ4n) is 4.62. The van der Waals surface area contributed by atoms with Crippen LogP contribution in [0, 0.1) is 5.92 Å². The van der Waals surface area contributed by atoms with Crippen molar-refractivity contribution < 1.29 is 32.7 Å². The first kappa shape index (κ1) is 25.6. The Balaban J connectivity index is 1.34. The number of β-amino-alcohol motifs (C(OH)–C–C–N with tert-alkyl or cyclic N) is 1. The Kier molecular flexibility index (Phi) is 7.00. The summed E-state index contributed by atoms with van der Waals surface area (Å²) < 4.78 is 47.9. The zero-order valence-corrected chi connectivity index (χ0v) is 20.0. The minimum atomic E-state index is -4.73. The Labute approximate surface area is 215 Å². The maximum atomic E-state index is 14.0. The summed E-state index contributed by atoms with van der Waals surface area (Å²) in [4.78, 5) is 17.4. The Morgan fingerprint density at radius 2 is 1.87 bits per heavy atom. The average molecular weight is 528 g/mol. The molecule has 1 fully saturated rings. The third-order valence-electron chi connectivity index (χ3n) is 6.53. The lowest BCUT2D eigenvalue weighted by molar-refractivity contribution is -0.144. The van der Waals surface area contributed by atoms with Gasteiger partial charge in [0.15, 0.2) is 5.69 Å². The number of nitrogens with zero attached hydrogens (tertiary/aromatic N) is 5. The molecule has 0 bridgehead atoms. The first-order chi connectivity index (χ1) is 18.2. The van der Waals surface area contributed by atoms with E-state index >= 15 is 0 Å². The fraction of sp³-hybridized carbons (Fsp3) is 0.308. The molecule has 2 aromatic carbocycles. The predicted molar refractivity (Wildman–Crippen MR) is 129 cm³/mol. The molecule has 1 saturated heterocycles. The predicted octanol–water partition coefficient (Wildman–Crippen LogP) is 4.44. The van der Waals surface area contributed by atoms with E-state index in [1.807, 2.05) is 4.90 Å². The second kappa shape index (κ2) is 10.4. The molecule has 0 spiro atoms. The topological polar surface area (TPSA) is 118 Å². The Hall–Kier alpha value is -4.03. The number of aliphatic carboxylic acids is 1. The van der Waals surface area contributed by atoms with Crippen molar-refractivity contribution in [2.24, 2.45) is 5.92 Å². The average Bonchev–Trinajstić information content (AvgIpc) is 3.57. The van der Waals surface area contributed by atoms with E-state index in [-0.39, 0.29) is 23.0 Å². The number of para-hydroxylation sites is 1. The van der Waals surface area contributed by atoms with Gasteiger partial charge in [0.05, 0.1) is 29.5 Å². The molecule has 2 aromatic heterocycles. The van der Waals surface area contributed by atoms with E-state index < -0.39 is 29.9 Å². The van der Waals surface area contributed by atoms with Gasteiger partial charge in [-0.15, -0.1) is 0 Å². The molecule has 38 heavy (non-hydrogen) atoms. The van der Waals surface area contributed by atoms with Gasteiger partial charge in [0.2, 0.25) is 5.82 Å². The number of aromatic nitrogens is 4. The van der Waals surface area contributed by atoms with Gasteiger partial charge in [0.25, 0.3) is 5.89 Å². The highest BCUT2D eigenvalue weighted by Gasteiger charge is 2.40. The minimum Gasteiger partial charge on any atom is -0.481 e. The second-order valence-electron chi connectivity index (χ2n) is 9.15. The molecule has 5 rings (SSSR count). The van der Waals surface area contributed by atoms with Gasteiger partial charge in [-0.1, -0.05) is 47.6 Å². The van der Waals surface area contributed by atoms with Crippen LogP contribution in [0.1, 0.15) is 30.2 Å². The molecule has 1 aliphatic heterocycles. The molecule has 1 aliphatic rings. The Bertz CT molecular complexity index is 1400. The zero-order chi connectivity index (χ0) is 26.9. The van der Waals surface area contributed by atoms with Gasteiger partial charge < -0.3 is 14.7 Å². The lowest BCUT2D eigenvalue weighted by atomic mass is 9.97. The number of carbonyl (C=O) groups is 1. The number of aliphatic hydroxyl groups excluding tert-OH is 1. The lowest BCUT2D eigenvalue weighted by Crippen LogP contribution is -2.40. The number of piperidine rings is 1. The molecule has 2 atom stereocenters. The van der Waals surface area contributed by atoms with E-state index in [1.54, 1.807) is 42.5 Å². The summed E-state index contributed by atoms with van der Waals surface area (Å²) in [7, 11) is 0. The van der Waals surface area contributed by atoms with Crippen molar-refractivity contribution in [2.45, 2.75) is 25.1 Å². The van der Waals surface area contributed by atoms with Crippen LogP contribution in [0.2, 0.25) is 0 Å². The number of carboxylic acids is 1. The monoisotopic (exact) mass is 527 g/mol. The molecule has 12 heteroatoms. The second-order valence-corrected chi connectivity index (χ2v) is 9.15. The first-order valence-electron chi connectivity index (χ1n) is 12.0. The standard InChI is InChI=1S/C26H24F3N5O4/c27-26(28,29)22-20(13-30-34(22)19-6-2-1-3-7-19)24-31-23(32-38-24)17-10-8-16(9-11-17)21(35)15-33-12-4-5-18(14-33)25(36)37/h1-3,6-11,13,18,21,35H,4-5,12,14-15H2,(H,36,37)/t18-,21+/m0/s1. The van der Waals surface area contributed by atoms with Crippen LogP contribution in [-0.2, 0) is 11.0 Å². The third-order valence-corrected chi connectivity index (χ3v) is 6.53. The maximum Gasteiger partial charge on any atom is 0.434 e. The van der Waals surface area contributed by atoms with Crippen LogP contribution in [0.15, 0.2) is 65.3 Å². The Morgan fingerprint density at radius 3 is 2.55 bits per heavy atom. The molecule has 9 nitrogen and oxygen atoms in total. The molecule has 0 amide bonds. The van der Waals surface area contributed by atoms with Crippen LogP contribution >= 0.6 is 0 Å². The largest absolute Gasteiger partial charge is 0.481 e. The number of hydrogen-bond acceptors (Lipinski definition) is 7. The highest BCUT2D eigenvalue weighted by molar-refractivity contribution is 5.70. The van der Waals surface area contributed by atoms with Gasteiger partial charge in [0.1, 0.15) is 0 Å². The van der Waals surface area contributed by atoms with E-state index in [4.69, 9.17) is 4.52 Å². The first-order valence-corrected chi connectivity index (χ1v) is 12.0. The summed E-state index contributed by atoms with van der Waals surface area (Å²) in [6.07, 6.45) is -3.14. The summed E-state index contributed by atoms with van der Waals surface area (Å²) in [6.45, 7) is 1.39. The van der Waals surface area contributed by atoms with E-state index in [9.17, 15) is 28.2 Å². The quantitative estimate of drug-likeness (QED) is 0.362. The van der Waals surface area contributed by atoms with Gasteiger partial charge in [-0.2, -0.15) is 23.3 Å². The van der Waals surface area contributed by atoms with Crippen molar-refractivity contribution in [1.82, 2.24) is 24.8 Å². The number of aliphatic hydroxyl groups is 1. The van der Waals surface area contributed by atoms with E-state index in [0.29, 0.717) is 37.2 Å². The number of hydrogen-bond donors (Lipinski definition) is 2. The van der Waals surface area contributed by atoms with Crippen molar-refractivity contribution in [3.63, 3.8) is 0 Å². The molecule has 0 aliphatic carbocycles. The van der Waals surface area contributed by atoms with E-state index in [1.165, 1.54) is 12.1 Å². The van der Waals surface area contributed by atoms with Gasteiger partial charge in [0, 0.05) is 18.7 Å². The number of rotatable bonds is 7. The number of likely N-dealkylation sites (tertiary alicyclic amines) is 1. The zero-order valence-electron chi connectivity index (χ0n) is 20.0. The number of benzene rings is 2. The lowest BCUT2D eigenvalue weighted by Gasteiger charge is -2.32. The number of carboxylic acid groups (broad SMARTS) is 1. The molecule has 198 valence electrons. The van der Waals surface area contributed by atoms with Gasteiger partial charge >= 0.3 is 12.1 Å². The highest BCUT2D eigenvalue weighted by atomic mass is 19.4. The smallest absolute Gasteiger partial charge is 0.434 e. The minimum absolute atomic E-state index is 0.0851. The molecule has 0 radical (unpaired) electrons. The van der Waals surface area contributed by atoms with Crippen LogP contribution in [0.25, 0.3) is 28.5 Å². The van der Waals surface area contributed by atoms with E-state index in [0.717, 1.165) is 17.3 Å². The summed E-state index contributed by atoms with van der Waals surface area (Å²) in [5.41, 5.74) is -0.0288. The molecule has 2 N–H and O–H groups in total. The van der Waals surface area contributed by atoms with Crippen LogP contribution in [0.4, 0.5) is 13.2 Å². The number of alkyl halides is 3. The molecule has 0 unspecified atom stereocenters. The van der Waals surface area contributed by atoms with Crippen LogP contribution in [0.5, 0.6) is 0 Å². The summed E-state index contributed by atoms with van der Waals surface area (Å²) in [6, 6.07) is 14.6. The van der Waals surface area contributed by atoms with E-state index in [2.05, 4.69) is 15.2 Å². The van der Waals surface area contributed by atoms with Crippen LogP contribution < -0.4 is 0 Å². The van der Waals surface area contributed by atoms with Crippen molar-refractivity contribution in [3.05, 3.63) is 72.1 Å². The molecule has 0 saturated carbocycles. The van der Waals surface area contributed by atoms with Crippen LogP contribution in [0.3, 0.4) is 0 Å². The molecule has 3 heterocycles. The normalized spacial score (nSPS) is 17.4. The Morgan fingerprint density at radius 1 is 1.13 bits per heavy atom. The van der Waals surface area contributed by atoms with Gasteiger partial charge in [-0.25, -0.2) is 4.68 Å². The summed E-state index contributed by atoms with van der Waals surface area (Å²) in [5.74, 6) is -1.51. The van der Waals surface area contributed by atoms with Crippen molar-refractivity contribution >= 4 is 5.97 Å². The molecular weight excluding hydrogens is 503 g/mol. The van der Waals surface area contributed by atoms with Crippen molar-refractivity contribution in [2.75, 3.05) is 19.6 Å². The SMILES string of the molecule is O=C(O)[C@H]1CCCN(C[C@@H](O)c2ccc(-c3noc(-c4cnn(-c5ccccc5)c4C(F)(F)F)n3)cc2)C1.